The van der Waals surface area contributed by atoms with E-state index in [9.17, 15) is 33.2 Å². The smallest absolute Gasteiger partial charge is 0.212 e. The summed E-state index contributed by atoms with van der Waals surface area (Å²) in [6.45, 7) is 0.311. The standard InChI is InChI=1S/C30H27F2N7O2.C25H22BrN7O.C5H6F2O/c1-41-28-5-2-21(11-35-28)14-38-24-9-25(38)17-37(16-24)27-4-3-22(12-34-27)26-8-20(6-7-30(40,18-31)19-32)15-39-29(26)23(10-33)13-36-39;1-34-24-5-2-16(9-29-24)12-32-20-7-21(32)15-31(14-20)23-4-3-17(10-28-23)22-6-19(26)13-33-25(22)18(8-27)11-30-33;1-2-5(8,3-6)4-7/h2-5,8,11-13,15,24-25,40H,9,14,16-19H2,1H3;2-6,9-11,13,20-21H,7,12,14-15H2,1H3;1,8H,3-4H2. The number of ether oxygens (including phenoxy) is 2. The predicted octanol–water partition coefficient (Wildman–Crippen LogP) is 7.34. The fourth-order valence-electron chi connectivity index (χ4n) is 10.7. The molecule has 6 fully saturated rings. The van der Waals surface area contributed by atoms with Gasteiger partial charge in [0.1, 0.15) is 50.5 Å². The Hall–Kier alpha value is -8.68. The van der Waals surface area contributed by atoms with Crippen LogP contribution in [0.25, 0.3) is 33.3 Å². The van der Waals surface area contributed by atoms with Crippen LogP contribution in [0.2, 0.25) is 0 Å². The molecule has 83 heavy (non-hydrogen) atoms. The van der Waals surface area contributed by atoms with Gasteiger partial charge in [-0.05, 0) is 76.3 Å². The Morgan fingerprint density at radius 3 is 1.45 bits per heavy atom. The van der Waals surface area contributed by atoms with E-state index in [-0.39, 0.29) is 0 Å². The normalized spacial score (nSPS) is 18.1. The van der Waals surface area contributed by atoms with E-state index >= 15 is 0 Å². The number of rotatable bonds is 14. The maximum Gasteiger partial charge on any atom is 0.212 e. The molecule has 8 aromatic rings. The van der Waals surface area contributed by atoms with Gasteiger partial charge in [-0.2, -0.15) is 20.7 Å². The number of fused-ring (bicyclic) bond motifs is 6. The van der Waals surface area contributed by atoms with E-state index in [0.717, 1.165) is 89.6 Å². The summed E-state index contributed by atoms with van der Waals surface area (Å²) < 4.78 is 63.4. The fourth-order valence-corrected chi connectivity index (χ4v) is 11.1. The minimum absolute atomic E-state index is 0.371. The minimum Gasteiger partial charge on any atom is -0.481 e. The number of nitrogens with zero attached hydrogens (tertiary/aromatic N) is 14. The maximum absolute atomic E-state index is 13.1. The van der Waals surface area contributed by atoms with Crippen molar-refractivity contribution in [2.24, 2.45) is 0 Å². The van der Waals surface area contributed by atoms with Crippen LogP contribution in [0.1, 0.15) is 40.7 Å². The summed E-state index contributed by atoms with van der Waals surface area (Å²) in [6, 6.07) is 26.0. The van der Waals surface area contributed by atoms with Gasteiger partial charge in [0, 0.05) is 145 Å². The molecule has 18 nitrogen and oxygen atoms in total. The molecule has 6 saturated heterocycles. The first-order chi connectivity index (χ1) is 40.2. The van der Waals surface area contributed by atoms with E-state index in [4.69, 9.17) is 24.5 Å². The van der Waals surface area contributed by atoms with Crippen molar-refractivity contribution in [1.82, 2.24) is 49.0 Å². The van der Waals surface area contributed by atoms with E-state index in [1.165, 1.54) is 22.7 Å². The molecule has 6 aliphatic heterocycles. The summed E-state index contributed by atoms with van der Waals surface area (Å²) in [6.07, 6.45) is 20.8. The molecule has 0 saturated carbocycles. The third-order valence-electron chi connectivity index (χ3n) is 15.2. The van der Waals surface area contributed by atoms with Crippen LogP contribution in [0.15, 0.2) is 115 Å². The number of halogens is 5. The summed E-state index contributed by atoms with van der Waals surface area (Å²) in [5, 5.41) is 46.0. The van der Waals surface area contributed by atoms with Gasteiger partial charge in [0.05, 0.1) is 48.8 Å². The van der Waals surface area contributed by atoms with Crippen molar-refractivity contribution in [2.75, 3.05) is 76.9 Å². The molecule has 8 aromatic heterocycles. The number of terminal acetylenes is 1. The van der Waals surface area contributed by atoms with Gasteiger partial charge in [0.2, 0.25) is 11.8 Å². The molecule has 14 heterocycles. The van der Waals surface area contributed by atoms with Gasteiger partial charge in [-0.3, -0.25) is 9.80 Å². The number of alkyl halides is 4. The van der Waals surface area contributed by atoms with Gasteiger partial charge in [-0.1, -0.05) is 29.9 Å². The van der Waals surface area contributed by atoms with Crippen LogP contribution in [0, 0.1) is 46.8 Å². The fraction of sp³-hybridized carbons (Fsp3) is 0.333. The van der Waals surface area contributed by atoms with Crippen molar-refractivity contribution in [3.05, 3.63) is 143 Å². The highest BCUT2D eigenvalue weighted by Gasteiger charge is 2.46. The van der Waals surface area contributed by atoms with Gasteiger partial charge < -0.3 is 29.5 Å². The number of hydrogen-bond donors (Lipinski definition) is 2. The Bertz CT molecular complexity index is 3770. The lowest BCUT2D eigenvalue weighted by molar-refractivity contribution is -0.00879. The summed E-state index contributed by atoms with van der Waals surface area (Å²) in [7, 11) is 3.25. The highest BCUT2D eigenvalue weighted by Crippen LogP contribution is 2.39. The van der Waals surface area contributed by atoms with Crippen LogP contribution in [-0.2, 0) is 13.1 Å². The van der Waals surface area contributed by atoms with Crippen molar-refractivity contribution in [3.8, 4) is 70.3 Å². The van der Waals surface area contributed by atoms with Crippen LogP contribution < -0.4 is 19.3 Å². The van der Waals surface area contributed by atoms with Gasteiger partial charge in [-0.25, -0.2) is 46.5 Å². The number of methoxy groups -OCH3 is 2. The topological polar surface area (TPSA) is 206 Å². The highest BCUT2D eigenvalue weighted by molar-refractivity contribution is 9.10. The van der Waals surface area contributed by atoms with E-state index in [1.807, 2.05) is 55.1 Å². The molecule has 0 amide bonds. The molecule has 4 bridgehead atoms. The van der Waals surface area contributed by atoms with Crippen LogP contribution in [0.3, 0.4) is 0 Å². The van der Waals surface area contributed by atoms with Crippen molar-refractivity contribution in [2.45, 2.75) is 61.3 Å². The number of hydrogen-bond acceptors (Lipinski definition) is 16. The number of piperidine rings is 2. The first-order valence-electron chi connectivity index (χ1n) is 26.3. The molecule has 14 rings (SSSR count). The average molecular weight is 1190 g/mol. The second-order valence-electron chi connectivity index (χ2n) is 20.6. The first kappa shape index (κ1) is 57.6. The van der Waals surface area contributed by atoms with Crippen LogP contribution >= 0.6 is 15.9 Å². The van der Waals surface area contributed by atoms with E-state index in [0.29, 0.717) is 63.7 Å². The quantitative estimate of drug-likeness (QED) is 0.0807. The molecule has 0 spiro atoms. The molecule has 4 unspecified atom stereocenters. The third-order valence-corrected chi connectivity index (χ3v) is 15.7. The molecule has 424 valence electrons. The largest absolute Gasteiger partial charge is 0.481 e. The second kappa shape index (κ2) is 24.8. The Labute approximate surface area is 484 Å². The monoisotopic (exact) mass is 1190 g/mol. The Kier molecular flexibility index (Phi) is 17.2. The second-order valence-corrected chi connectivity index (χ2v) is 21.5. The number of aromatic nitrogens is 8. The summed E-state index contributed by atoms with van der Waals surface area (Å²) in [5.74, 6) is 9.62. The Balaban J connectivity index is 0.000000166. The molecule has 2 N–H and O–H groups in total. The molecule has 0 radical (unpaired) electrons. The van der Waals surface area contributed by atoms with Crippen molar-refractivity contribution in [3.63, 3.8) is 0 Å². The lowest BCUT2D eigenvalue weighted by Gasteiger charge is -2.56. The zero-order valence-corrected chi connectivity index (χ0v) is 46.7. The van der Waals surface area contributed by atoms with Crippen LogP contribution in [-0.4, -0.2) is 162 Å². The number of pyridine rings is 6. The zero-order chi connectivity index (χ0) is 58.4. The Morgan fingerprint density at radius 1 is 0.614 bits per heavy atom. The van der Waals surface area contributed by atoms with E-state index in [1.54, 1.807) is 49.3 Å². The Morgan fingerprint density at radius 2 is 1.07 bits per heavy atom. The van der Waals surface area contributed by atoms with Gasteiger partial charge in [-0.15, -0.1) is 6.42 Å². The van der Waals surface area contributed by atoms with Gasteiger partial charge in [0.15, 0.2) is 11.2 Å². The average Bonchev–Trinajstić information content (AvgIpc) is 3.38. The lowest BCUT2D eigenvalue weighted by atomic mass is 9.87. The van der Waals surface area contributed by atoms with Crippen molar-refractivity contribution >= 4 is 38.6 Å². The number of piperazine rings is 2. The first-order valence-corrected chi connectivity index (χ1v) is 27.1. The molecule has 6 aliphatic rings. The molecule has 0 aromatic carbocycles. The molecular formula is C60H55BrF4N14O4. The molecule has 0 aliphatic carbocycles. The summed E-state index contributed by atoms with van der Waals surface area (Å²) in [4.78, 5) is 27.9. The molecule has 4 atom stereocenters. The summed E-state index contributed by atoms with van der Waals surface area (Å²) >= 11 is 3.55. The lowest BCUT2D eigenvalue weighted by Crippen LogP contribution is -2.68. The van der Waals surface area contributed by atoms with E-state index < -0.39 is 37.9 Å². The number of anilines is 2. The number of nitriles is 2. The van der Waals surface area contributed by atoms with Gasteiger partial charge >= 0.3 is 0 Å². The van der Waals surface area contributed by atoms with Crippen LogP contribution in [0.5, 0.6) is 11.8 Å². The maximum atomic E-state index is 13.1. The third kappa shape index (κ3) is 12.3. The molecule has 23 heteroatoms. The van der Waals surface area contributed by atoms with Crippen molar-refractivity contribution < 1.29 is 37.2 Å². The summed E-state index contributed by atoms with van der Waals surface area (Å²) in [5.41, 5.74) is 3.77. The highest BCUT2D eigenvalue weighted by atomic mass is 79.9. The van der Waals surface area contributed by atoms with Crippen LogP contribution in [0.4, 0.5) is 29.2 Å². The SMILES string of the molecule is C#CC(O)(CF)CF.COc1ccc(CN2C3CC2CN(c2ccc(-c4cc(Br)cn5ncc(C#N)c45)cn2)C3)cn1.COc1ccc(CN2C3CC2CN(c2ccc(-c4cc(C#CC(O)(CF)CF)cn5ncc(C#N)c45)cn2)C3)cn1. The van der Waals surface area contributed by atoms with Gasteiger partial charge in [0.25, 0.3) is 0 Å². The number of aliphatic hydroxyl groups is 2. The predicted molar refractivity (Wildman–Crippen MR) is 305 cm³/mol. The molecular weight excluding hydrogens is 1140 g/mol. The minimum atomic E-state index is -2.36. The zero-order valence-electron chi connectivity index (χ0n) is 45.1. The van der Waals surface area contributed by atoms with Crippen molar-refractivity contribution in [1.29, 1.82) is 10.5 Å². The van der Waals surface area contributed by atoms with E-state index in [2.05, 4.69) is 110 Å².